The number of nitrogens with one attached hydrogen (secondary N) is 1. The van der Waals surface area contributed by atoms with E-state index in [4.69, 9.17) is 8.92 Å². The third kappa shape index (κ3) is 5.42. The van der Waals surface area contributed by atoms with Gasteiger partial charge in [-0.15, -0.1) is 0 Å². The van der Waals surface area contributed by atoms with Crippen LogP contribution in [0.25, 0.3) is 0 Å². The van der Waals surface area contributed by atoms with E-state index < -0.39 is 21.1 Å². The Hall–Kier alpha value is -3.67. The van der Waals surface area contributed by atoms with Gasteiger partial charge in [-0.1, -0.05) is 6.07 Å². The first-order valence-corrected chi connectivity index (χ1v) is 9.33. The highest BCUT2D eigenvalue weighted by Crippen LogP contribution is 2.31. The van der Waals surface area contributed by atoms with Crippen LogP contribution in [0.2, 0.25) is 0 Å². The van der Waals surface area contributed by atoms with Crippen LogP contribution in [0.1, 0.15) is 11.1 Å². The Labute approximate surface area is 166 Å². The standard InChI is InChI=1S/C17H17N3O8S/c1-11-4-6-13(9-14(11)20(22)23)29(24,25)28-15-7-5-12(8-16(15)26-2)10-18-19-17(21)27-3/h4-10H,1-3H3,(H,19,21). The van der Waals surface area contributed by atoms with E-state index in [0.29, 0.717) is 11.1 Å². The maximum Gasteiger partial charge on any atom is 0.427 e. The maximum atomic E-state index is 12.5. The summed E-state index contributed by atoms with van der Waals surface area (Å²) in [5.41, 5.74) is 2.54. The zero-order valence-electron chi connectivity index (χ0n) is 15.6. The number of methoxy groups -OCH3 is 2. The van der Waals surface area contributed by atoms with Crippen molar-refractivity contribution in [2.24, 2.45) is 5.10 Å². The first-order valence-electron chi connectivity index (χ1n) is 7.92. The monoisotopic (exact) mass is 423 g/mol. The Morgan fingerprint density at radius 1 is 1.17 bits per heavy atom. The van der Waals surface area contributed by atoms with Gasteiger partial charge >= 0.3 is 16.2 Å². The minimum absolute atomic E-state index is 0.0669. The Morgan fingerprint density at radius 2 is 1.90 bits per heavy atom. The van der Waals surface area contributed by atoms with Crippen molar-refractivity contribution in [3.63, 3.8) is 0 Å². The number of ether oxygens (including phenoxy) is 2. The van der Waals surface area contributed by atoms with Gasteiger partial charge in [-0.25, -0.2) is 10.2 Å². The van der Waals surface area contributed by atoms with Gasteiger partial charge in [0.1, 0.15) is 4.90 Å². The van der Waals surface area contributed by atoms with Gasteiger partial charge in [-0.2, -0.15) is 13.5 Å². The van der Waals surface area contributed by atoms with Crippen molar-refractivity contribution >= 4 is 28.1 Å². The molecule has 0 saturated heterocycles. The summed E-state index contributed by atoms with van der Waals surface area (Å²) < 4.78 is 39.6. The highest BCUT2D eigenvalue weighted by molar-refractivity contribution is 7.87. The summed E-state index contributed by atoms with van der Waals surface area (Å²) >= 11 is 0. The zero-order chi connectivity index (χ0) is 21.6. The highest BCUT2D eigenvalue weighted by Gasteiger charge is 2.23. The van der Waals surface area contributed by atoms with Crippen LogP contribution >= 0.6 is 0 Å². The van der Waals surface area contributed by atoms with E-state index in [1.54, 1.807) is 0 Å². The van der Waals surface area contributed by atoms with Gasteiger partial charge in [-0.3, -0.25) is 10.1 Å². The van der Waals surface area contributed by atoms with E-state index in [0.717, 1.165) is 6.07 Å². The van der Waals surface area contributed by atoms with Crippen LogP contribution in [0, 0.1) is 17.0 Å². The molecule has 1 N–H and O–H groups in total. The average molecular weight is 423 g/mol. The molecule has 154 valence electrons. The number of hydrazone groups is 1. The molecule has 2 aromatic rings. The largest absolute Gasteiger partial charge is 0.493 e. The molecule has 0 aliphatic carbocycles. The zero-order valence-corrected chi connectivity index (χ0v) is 16.4. The van der Waals surface area contributed by atoms with Crippen molar-refractivity contribution in [1.82, 2.24) is 5.43 Å². The first kappa shape index (κ1) is 21.6. The number of carbonyl (C=O) groups excluding carboxylic acids is 1. The second-order valence-corrected chi connectivity index (χ2v) is 7.06. The topological polar surface area (TPSA) is 146 Å². The summed E-state index contributed by atoms with van der Waals surface area (Å²) in [4.78, 5) is 21.0. The fourth-order valence-corrected chi connectivity index (χ4v) is 3.11. The van der Waals surface area contributed by atoms with Gasteiger partial charge in [0.05, 0.1) is 25.4 Å². The molecule has 0 aliphatic heterocycles. The van der Waals surface area contributed by atoms with Crippen LogP contribution in [-0.2, 0) is 14.9 Å². The molecule has 0 bridgehead atoms. The number of aryl methyl sites for hydroxylation is 1. The van der Waals surface area contributed by atoms with E-state index in [1.807, 2.05) is 0 Å². The molecule has 29 heavy (non-hydrogen) atoms. The van der Waals surface area contributed by atoms with Crippen molar-refractivity contribution < 1.29 is 31.8 Å². The molecule has 2 rings (SSSR count). The lowest BCUT2D eigenvalue weighted by Gasteiger charge is -2.11. The smallest absolute Gasteiger partial charge is 0.427 e. The van der Waals surface area contributed by atoms with Crippen LogP contribution in [0.5, 0.6) is 11.5 Å². The summed E-state index contributed by atoms with van der Waals surface area (Å²) in [6.45, 7) is 1.49. The number of carbonyl (C=O) groups is 1. The van der Waals surface area contributed by atoms with Gasteiger partial charge in [0.15, 0.2) is 11.5 Å². The van der Waals surface area contributed by atoms with E-state index >= 15 is 0 Å². The minimum Gasteiger partial charge on any atom is -0.493 e. The number of rotatable bonds is 7. The van der Waals surface area contributed by atoms with Crippen LogP contribution in [0.3, 0.4) is 0 Å². The van der Waals surface area contributed by atoms with Crippen LogP contribution in [-0.4, -0.2) is 39.9 Å². The molecule has 11 nitrogen and oxygen atoms in total. The Kier molecular flexibility index (Phi) is 6.72. The van der Waals surface area contributed by atoms with Gasteiger partial charge < -0.3 is 13.7 Å². The number of amides is 1. The van der Waals surface area contributed by atoms with Gasteiger partial charge in [-0.05, 0) is 36.8 Å². The summed E-state index contributed by atoms with van der Waals surface area (Å²) in [6.07, 6.45) is 0.521. The Balaban J connectivity index is 2.30. The number of benzene rings is 2. The molecule has 0 radical (unpaired) electrons. The van der Waals surface area contributed by atoms with Crippen molar-refractivity contribution in [1.29, 1.82) is 0 Å². The lowest BCUT2D eigenvalue weighted by molar-refractivity contribution is -0.385. The number of nitro groups is 1. The molecule has 2 aromatic carbocycles. The van der Waals surface area contributed by atoms with Crippen molar-refractivity contribution in [2.75, 3.05) is 14.2 Å². The molecule has 0 saturated carbocycles. The predicted molar refractivity (Wildman–Crippen MR) is 102 cm³/mol. The molecule has 0 aliphatic rings. The van der Waals surface area contributed by atoms with Gasteiger partial charge in [0, 0.05) is 11.6 Å². The average Bonchev–Trinajstić information content (AvgIpc) is 2.68. The molecule has 0 unspecified atom stereocenters. The lowest BCUT2D eigenvalue weighted by atomic mass is 10.2. The number of hydrogen-bond acceptors (Lipinski definition) is 9. The van der Waals surface area contributed by atoms with Crippen molar-refractivity contribution in [2.45, 2.75) is 11.8 Å². The van der Waals surface area contributed by atoms with E-state index in [-0.39, 0.29) is 22.1 Å². The third-order valence-electron chi connectivity index (χ3n) is 3.61. The van der Waals surface area contributed by atoms with Crippen LogP contribution < -0.4 is 14.3 Å². The summed E-state index contributed by atoms with van der Waals surface area (Å²) in [6, 6.07) is 7.66. The highest BCUT2D eigenvalue weighted by atomic mass is 32.2. The quantitative estimate of drug-likeness (QED) is 0.309. The van der Waals surface area contributed by atoms with Gasteiger partial charge in [0.25, 0.3) is 5.69 Å². The molecule has 0 aromatic heterocycles. The van der Waals surface area contributed by atoms with E-state index in [2.05, 4.69) is 15.3 Å². The fourth-order valence-electron chi connectivity index (χ4n) is 2.15. The third-order valence-corrected chi connectivity index (χ3v) is 4.84. The molecule has 0 heterocycles. The van der Waals surface area contributed by atoms with Crippen molar-refractivity contribution in [3.05, 3.63) is 57.6 Å². The summed E-state index contributed by atoms with van der Waals surface area (Å²) in [5.74, 6) is -0.0639. The molecular weight excluding hydrogens is 406 g/mol. The molecule has 1 amide bonds. The normalized spacial score (nSPS) is 11.1. The van der Waals surface area contributed by atoms with Crippen molar-refractivity contribution in [3.8, 4) is 11.5 Å². The van der Waals surface area contributed by atoms with E-state index in [9.17, 15) is 23.3 Å². The SMILES string of the molecule is COC(=O)NN=Cc1ccc(OS(=O)(=O)c2ccc(C)c([N+](=O)[O-])c2)c(OC)c1. The Morgan fingerprint density at radius 3 is 2.52 bits per heavy atom. The van der Waals surface area contributed by atoms with Crippen LogP contribution in [0.4, 0.5) is 10.5 Å². The summed E-state index contributed by atoms with van der Waals surface area (Å²) in [5, 5.41) is 14.7. The predicted octanol–water partition coefficient (Wildman–Crippen LogP) is 2.37. The maximum absolute atomic E-state index is 12.5. The van der Waals surface area contributed by atoms with Crippen LogP contribution in [0.15, 0.2) is 46.4 Å². The second kappa shape index (κ2) is 9.01. The van der Waals surface area contributed by atoms with E-state index in [1.165, 1.54) is 57.7 Å². The molecule has 12 heteroatoms. The lowest BCUT2D eigenvalue weighted by Crippen LogP contribution is -2.16. The second-order valence-electron chi connectivity index (χ2n) is 5.51. The number of nitro benzene ring substituents is 1. The van der Waals surface area contributed by atoms with Gasteiger partial charge in [0.2, 0.25) is 0 Å². The number of hydrogen-bond donors (Lipinski definition) is 1. The minimum atomic E-state index is -4.35. The molecular formula is C17H17N3O8S. The molecule has 0 spiro atoms. The first-order chi connectivity index (χ1) is 13.7. The molecule has 0 fully saturated rings. The Bertz CT molecular complexity index is 1070. The number of nitrogens with zero attached hydrogens (tertiary/aromatic N) is 2. The summed E-state index contributed by atoms with van der Waals surface area (Å²) in [7, 11) is -1.87. The molecule has 0 atom stereocenters. The fraction of sp³-hybridized carbons (Fsp3) is 0.176.